The largest absolute Gasteiger partial charge is 0.483 e. The molecule has 7 nitrogen and oxygen atoms in total. The highest BCUT2D eigenvalue weighted by Crippen LogP contribution is 2.41. The first-order valence-electron chi connectivity index (χ1n) is 8.36. The van der Waals surface area contributed by atoms with Crippen molar-refractivity contribution in [3.05, 3.63) is 33.6 Å². The molecule has 27 heavy (non-hydrogen) atoms. The van der Waals surface area contributed by atoms with Crippen LogP contribution < -0.4 is 21.2 Å². The molecule has 1 atom stereocenters. The predicted molar refractivity (Wildman–Crippen MR) is 96.9 cm³/mol. The van der Waals surface area contributed by atoms with Crippen LogP contribution in [0.5, 0.6) is 5.75 Å². The monoisotopic (exact) mass is 401 g/mol. The molecular weight excluding hydrogens is 384 g/mol. The van der Waals surface area contributed by atoms with Crippen molar-refractivity contribution in [2.24, 2.45) is 0 Å². The van der Waals surface area contributed by atoms with Crippen molar-refractivity contribution >= 4 is 35.0 Å². The van der Waals surface area contributed by atoms with E-state index in [0.717, 1.165) is 6.20 Å². The third kappa shape index (κ3) is 3.10. The fraction of sp³-hybridized carbons (Fsp3) is 0.412. The fourth-order valence-electron chi connectivity index (χ4n) is 3.33. The molecule has 146 valence electrons. The van der Waals surface area contributed by atoms with Crippen molar-refractivity contribution < 1.29 is 23.4 Å². The van der Waals surface area contributed by atoms with Gasteiger partial charge in [0, 0.05) is 18.8 Å². The summed E-state index contributed by atoms with van der Waals surface area (Å²) in [4.78, 5) is 23.9. The van der Waals surface area contributed by atoms with Crippen LogP contribution in [0, 0.1) is 11.6 Å². The first-order chi connectivity index (χ1) is 12.4. The lowest BCUT2D eigenvalue weighted by Crippen LogP contribution is -2.24. The maximum absolute atomic E-state index is 15.2. The molecular formula is C17H18ClF2N3O4. The standard InChI is InChI=1S/C17H17F2N3O4.ClH/c18-11-13(20)10-14(12(19)16(11)26-8-3-4-21-5-8)22(7-1-2-7)6-9(15(10)23)17(24)25;/h6-8,21H,1-5,20H2,(H,24,25);1H. The normalized spacial score (nSPS) is 19.1. The minimum Gasteiger partial charge on any atom is -0.483 e. The van der Waals surface area contributed by atoms with Crippen molar-refractivity contribution in [3.8, 4) is 5.75 Å². The number of fused-ring (bicyclic) bond motifs is 1. The lowest BCUT2D eigenvalue weighted by molar-refractivity contribution is 0.0695. The number of carboxylic acids is 1. The second-order valence-electron chi connectivity index (χ2n) is 6.64. The number of nitrogens with two attached hydrogens (primary N) is 1. The van der Waals surface area contributed by atoms with Crippen molar-refractivity contribution in [1.82, 2.24) is 9.88 Å². The number of nitrogen functional groups attached to an aromatic ring is 1. The summed E-state index contributed by atoms with van der Waals surface area (Å²) in [6.07, 6.45) is 2.69. The fourth-order valence-corrected chi connectivity index (χ4v) is 3.33. The van der Waals surface area contributed by atoms with E-state index in [1.165, 1.54) is 4.57 Å². The van der Waals surface area contributed by atoms with E-state index in [-0.39, 0.29) is 24.0 Å². The second kappa shape index (κ2) is 6.97. The van der Waals surface area contributed by atoms with Gasteiger partial charge >= 0.3 is 5.97 Å². The topological polar surface area (TPSA) is 107 Å². The zero-order chi connectivity index (χ0) is 18.6. The Bertz CT molecular complexity index is 985. The molecule has 2 aliphatic rings. The average Bonchev–Trinajstić information content (AvgIpc) is 3.32. The van der Waals surface area contributed by atoms with Gasteiger partial charge in [-0.25, -0.2) is 13.6 Å². The number of hydrogen-bond donors (Lipinski definition) is 3. The first kappa shape index (κ1) is 19.4. The molecule has 2 aromatic rings. The Morgan fingerprint density at radius 3 is 2.56 bits per heavy atom. The number of benzene rings is 1. The summed E-state index contributed by atoms with van der Waals surface area (Å²) in [5.41, 5.74) is 3.41. The minimum atomic E-state index is -1.47. The lowest BCUT2D eigenvalue weighted by Gasteiger charge is -2.19. The van der Waals surface area contributed by atoms with E-state index >= 15 is 4.39 Å². The maximum atomic E-state index is 15.2. The first-order valence-corrected chi connectivity index (χ1v) is 8.36. The molecule has 2 fully saturated rings. The molecule has 1 aliphatic carbocycles. The van der Waals surface area contributed by atoms with Crippen LogP contribution in [0.4, 0.5) is 14.5 Å². The number of nitrogens with zero attached hydrogens (tertiary/aromatic N) is 1. The molecule has 4 N–H and O–H groups in total. The molecule has 0 spiro atoms. The van der Waals surface area contributed by atoms with Gasteiger partial charge in [-0.1, -0.05) is 0 Å². The zero-order valence-electron chi connectivity index (χ0n) is 14.1. The van der Waals surface area contributed by atoms with Crippen LogP contribution in [0.3, 0.4) is 0 Å². The number of pyridine rings is 1. The van der Waals surface area contributed by atoms with Gasteiger partial charge in [-0.3, -0.25) is 4.79 Å². The number of anilines is 1. The van der Waals surface area contributed by atoms with Gasteiger partial charge in [-0.15, -0.1) is 12.4 Å². The van der Waals surface area contributed by atoms with E-state index in [0.29, 0.717) is 32.4 Å². The van der Waals surface area contributed by atoms with E-state index in [2.05, 4.69) is 5.32 Å². The lowest BCUT2D eigenvalue weighted by atomic mass is 10.1. The summed E-state index contributed by atoms with van der Waals surface area (Å²) in [7, 11) is 0. The SMILES string of the molecule is Cl.Nc1c(F)c(OC2CCNC2)c(F)c2c1c(=O)c(C(=O)O)cn2C1CC1. The van der Waals surface area contributed by atoms with Gasteiger partial charge in [-0.05, 0) is 25.8 Å². The summed E-state index contributed by atoms with van der Waals surface area (Å²) in [5, 5.41) is 11.8. The van der Waals surface area contributed by atoms with Crippen molar-refractivity contribution in [3.63, 3.8) is 0 Å². The molecule has 0 radical (unpaired) electrons. The highest BCUT2D eigenvalue weighted by molar-refractivity contribution is 5.98. The van der Waals surface area contributed by atoms with Gasteiger partial charge in [0.25, 0.3) is 0 Å². The maximum Gasteiger partial charge on any atom is 0.341 e. The van der Waals surface area contributed by atoms with Crippen molar-refractivity contribution in [2.45, 2.75) is 31.4 Å². The van der Waals surface area contributed by atoms with Crippen LogP contribution in [-0.4, -0.2) is 34.8 Å². The van der Waals surface area contributed by atoms with Gasteiger partial charge in [0.15, 0.2) is 17.4 Å². The number of aromatic nitrogens is 1. The van der Waals surface area contributed by atoms with E-state index in [1.54, 1.807) is 0 Å². The molecule has 2 heterocycles. The molecule has 0 bridgehead atoms. The molecule has 1 aromatic carbocycles. The van der Waals surface area contributed by atoms with Crippen LogP contribution in [0.25, 0.3) is 10.9 Å². The Balaban J connectivity index is 0.00000210. The quantitative estimate of drug-likeness (QED) is 0.677. The van der Waals surface area contributed by atoms with E-state index in [9.17, 15) is 19.1 Å². The molecule has 4 rings (SSSR count). The van der Waals surface area contributed by atoms with E-state index in [4.69, 9.17) is 10.5 Å². The minimum absolute atomic E-state index is 0. The van der Waals surface area contributed by atoms with Crippen molar-refractivity contribution in [1.29, 1.82) is 0 Å². The molecule has 0 amide bonds. The van der Waals surface area contributed by atoms with Crippen LogP contribution >= 0.6 is 12.4 Å². The number of carbonyl (C=O) groups is 1. The third-order valence-electron chi connectivity index (χ3n) is 4.82. The molecule has 1 aliphatic heterocycles. The van der Waals surface area contributed by atoms with E-state index in [1.807, 2.05) is 0 Å². The summed E-state index contributed by atoms with van der Waals surface area (Å²) in [5.74, 6) is -4.30. The second-order valence-corrected chi connectivity index (χ2v) is 6.64. The molecule has 1 saturated heterocycles. The van der Waals surface area contributed by atoms with Gasteiger partial charge in [0.2, 0.25) is 5.43 Å². The van der Waals surface area contributed by atoms with Gasteiger partial charge in [0.05, 0.1) is 16.6 Å². The number of ether oxygens (including phenoxy) is 1. The summed E-state index contributed by atoms with van der Waals surface area (Å²) < 4.78 is 36.7. The number of rotatable bonds is 4. The van der Waals surface area contributed by atoms with Crippen LogP contribution in [-0.2, 0) is 0 Å². The average molecular weight is 402 g/mol. The highest BCUT2D eigenvalue weighted by Gasteiger charge is 2.33. The van der Waals surface area contributed by atoms with Crippen LogP contribution in [0.2, 0.25) is 0 Å². The summed E-state index contributed by atoms with van der Waals surface area (Å²) >= 11 is 0. The number of aromatic carboxylic acids is 1. The van der Waals surface area contributed by atoms with Crippen LogP contribution in [0.1, 0.15) is 35.7 Å². The molecule has 10 heteroatoms. The predicted octanol–water partition coefficient (Wildman–Crippen LogP) is 2.06. The van der Waals surface area contributed by atoms with E-state index < -0.39 is 51.5 Å². The molecule has 1 aromatic heterocycles. The van der Waals surface area contributed by atoms with Gasteiger partial charge < -0.3 is 25.5 Å². The molecule has 1 unspecified atom stereocenters. The Labute approximate surface area is 158 Å². The number of nitrogens with one attached hydrogen (secondary N) is 1. The summed E-state index contributed by atoms with van der Waals surface area (Å²) in [6.45, 7) is 1.12. The Hall–Kier alpha value is -2.39. The zero-order valence-corrected chi connectivity index (χ0v) is 14.9. The van der Waals surface area contributed by atoms with Crippen molar-refractivity contribution in [2.75, 3.05) is 18.8 Å². The van der Waals surface area contributed by atoms with Crippen LogP contribution in [0.15, 0.2) is 11.0 Å². The van der Waals surface area contributed by atoms with Gasteiger partial charge in [0.1, 0.15) is 11.7 Å². The van der Waals surface area contributed by atoms with Gasteiger partial charge in [-0.2, -0.15) is 0 Å². The Kier molecular flexibility index (Phi) is 5.00. The number of carboxylic acid groups (broad SMARTS) is 1. The highest BCUT2D eigenvalue weighted by atomic mass is 35.5. The Morgan fingerprint density at radius 2 is 2.00 bits per heavy atom. The smallest absolute Gasteiger partial charge is 0.341 e. The number of halogens is 3. The summed E-state index contributed by atoms with van der Waals surface area (Å²) in [6, 6.07) is -0.156. The number of hydrogen-bond acceptors (Lipinski definition) is 5. The Morgan fingerprint density at radius 1 is 1.30 bits per heavy atom. The molecule has 1 saturated carbocycles. The third-order valence-corrected chi connectivity index (χ3v) is 4.82.